The van der Waals surface area contributed by atoms with E-state index in [1.807, 2.05) is 0 Å². The number of amides is 1. The first-order valence-electron chi connectivity index (χ1n) is 9.09. The fourth-order valence-corrected chi connectivity index (χ4v) is 4.55. The summed E-state index contributed by atoms with van der Waals surface area (Å²) >= 11 is 0. The lowest BCUT2D eigenvalue weighted by atomic mass is 10.1. The number of azo groups is 1. The third-order valence-corrected chi connectivity index (χ3v) is 6.29. The lowest BCUT2D eigenvalue weighted by Gasteiger charge is -2.14. The number of hydrogen-bond donors (Lipinski definition) is 5. The molecule has 33 heavy (non-hydrogen) atoms. The Morgan fingerprint density at radius 2 is 1.61 bits per heavy atom. The van der Waals surface area contributed by atoms with Crippen LogP contribution in [-0.4, -0.2) is 37.0 Å². The van der Waals surface area contributed by atoms with Crippen molar-refractivity contribution in [3.63, 3.8) is 0 Å². The van der Waals surface area contributed by atoms with Crippen molar-refractivity contribution in [2.75, 3.05) is 5.32 Å². The predicted octanol–water partition coefficient (Wildman–Crippen LogP) is 2.87. The van der Waals surface area contributed by atoms with Gasteiger partial charge in [0.15, 0.2) is 5.75 Å². The van der Waals surface area contributed by atoms with Gasteiger partial charge < -0.3 is 16.2 Å². The zero-order valence-corrected chi connectivity index (χ0v) is 18.6. The summed E-state index contributed by atoms with van der Waals surface area (Å²) in [7, 11) is -10.1. The van der Waals surface area contributed by atoms with Crippen molar-refractivity contribution < 1.29 is 35.8 Å². The number of nitrogens with two attached hydrogens (primary N) is 1. The van der Waals surface area contributed by atoms with Gasteiger partial charge in [0.1, 0.15) is 15.5 Å². The van der Waals surface area contributed by atoms with Crippen LogP contribution in [-0.2, 0) is 31.6 Å². The van der Waals surface area contributed by atoms with Crippen LogP contribution in [0.4, 0.5) is 17.1 Å². The van der Waals surface area contributed by atoms with Gasteiger partial charge >= 0.3 is 0 Å². The molecule has 3 aromatic rings. The summed E-state index contributed by atoms with van der Waals surface area (Å²) in [6.45, 7) is 1.37. The van der Waals surface area contributed by atoms with E-state index < -0.39 is 52.8 Å². The van der Waals surface area contributed by atoms with Gasteiger partial charge in [0.05, 0.1) is 11.4 Å². The van der Waals surface area contributed by atoms with Gasteiger partial charge in [-0.05, 0) is 35.9 Å². The van der Waals surface area contributed by atoms with Gasteiger partial charge in [-0.1, -0.05) is 12.1 Å². The van der Waals surface area contributed by atoms with Crippen molar-refractivity contribution in [3.8, 4) is 5.75 Å². The van der Waals surface area contributed by atoms with Crippen LogP contribution >= 0.6 is 0 Å². The molecule has 0 saturated carbocycles. The highest BCUT2D eigenvalue weighted by Crippen LogP contribution is 2.44. The van der Waals surface area contributed by atoms with Crippen LogP contribution in [0.25, 0.3) is 10.8 Å². The molecule has 0 bridgehead atoms. The minimum absolute atomic E-state index is 0.239. The minimum atomic E-state index is -5.05. The number of nitrogens with one attached hydrogen (secondary N) is 1. The van der Waals surface area contributed by atoms with Gasteiger partial charge in [0.25, 0.3) is 20.2 Å². The van der Waals surface area contributed by atoms with Crippen molar-refractivity contribution in [2.24, 2.45) is 16.0 Å². The molecule has 0 radical (unpaired) electrons. The molecule has 0 fully saturated rings. The second-order valence-electron chi connectivity index (χ2n) is 6.81. The normalized spacial score (nSPS) is 12.4. The van der Waals surface area contributed by atoms with Gasteiger partial charge in [0.2, 0.25) is 5.91 Å². The van der Waals surface area contributed by atoms with E-state index in [2.05, 4.69) is 15.5 Å². The zero-order chi connectivity index (χ0) is 24.6. The molecule has 174 valence electrons. The number of anilines is 1. The number of rotatable bonds is 6. The van der Waals surface area contributed by atoms with Gasteiger partial charge in [-0.25, -0.2) is 0 Å². The summed E-state index contributed by atoms with van der Waals surface area (Å²) in [5, 5.41) is 19.8. The van der Waals surface area contributed by atoms with E-state index in [-0.39, 0.29) is 23.3 Å². The minimum Gasteiger partial charge on any atom is -0.505 e. The average molecular weight is 495 g/mol. The van der Waals surface area contributed by atoms with Gasteiger partial charge in [-0.3, -0.25) is 13.9 Å². The highest BCUT2D eigenvalue weighted by molar-refractivity contribution is 7.86. The van der Waals surface area contributed by atoms with Crippen molar-refractivity contribution in [2.45, 2.75) is 23.3 Å². The topological polar surface area (TPSA) is 209 Å². The van der Waals surface area contributed by atoms with Gasteiger partial charge in [-0.2, -0.15) is 21.9 Å². The molecule has 14 heteroatoms. The fraction of sp³-hybridized carbons (Fsp3) is 0.105. The summed E-state index contributed by atoms with van der Waals surface area (Å²) in [5.74, 6) is -1.51. The van der Waals surface area contributed by atoms with E-state index >= 15 is 0 Å². The van der Waals surface area contributed by atoms with E-state index in [9.17, 15) is 35.8 Å². The molecule has 0 aromatic heterocycles. The Kier molecular flexibility index (Phi) is 6.49. The molecule has 0 aliphatic carbocycles. The van der Waals surface area contributed by atoms with Crippen molar-refractivity contribution in [3.05, 3.63) is 48.0 Å². The van der Waals surface area contributed by atoms with E-state index in [1.54, 1.807) is 12.1 Å². The molecular formula is C19H18N4O8S2. The fourth-order valence-electron chi connectivity index (χ4n) is 3.06. The molecule has 0 spiro atoms. The Balaban J connectivity index is 2.34. The van der Waals surface area contributed by atoms with Gasteiger partial charge in [-0.15, -0.1) is 5.11 Å². The smallest absolute Gasteiger partial charge is 0.297 e. The van der Waals surface area contributed by atoms with E-state index in [0.29, 0.717) is 6.07 Å². The lowest BCUT2D eigenvalue weighted by molar-refractivity contribution is -0.114. The molecule has 0 aliphatic rings. The summed E-state index contributed by atoms with van der Waals surface area (Å²) in [5.41, 5.74) is 5.56. The first kappa shape index (κ1) is 24.2. The third-order valence-electron chi connectivity index (χ3n) is 4.47. The molecule has 6 N–H and O–H groups in total. The van der Waals surface area contributed by atoms with Gasteiger partial charge in [0, 0.05) is 24.2 Å². The Morgan fingerprint density at radius 3 is 2.12 bits per heavy atom. The van der Waals surface area contributed by atoms with E-state index in [0.717, 1.165) is 18.6 Å². The zero-order valence-electron chi connectivity index (χ0n) is 16.9. The Morgan fingerprint density at radius 1 is 0.970 bits per heavy atom. The first-order valence-corrected chi connectivity index (χ1v) is 12.0. The molecule has 3 aromatic carbocycles. The predicted molar refractivity (Wildman–Crippen MR) is 118 cm³/mol. The third kappa shape index (κ3) is 5.15. The van der Waals surface area contributed by atoms with Crippen LogP contribution in [0.2, 0.25) is 0 Å². The number of carbonyl (C=O) groups excluding carboxylic acids is 1. The van der Waals surface area contributed by atoms with Crippen LogP contribution in [0.15, 0.2) is 62.5 Å². The highest BCUT2D eigenvalue weighted by Gasteiger charge is 2.27. The van der Waals surface area contributed by atoms with Crippen LogP contribution in [0.1, 0.15) is 12.5 Å². The summed E-state index contributed by atoms with van der Waals surface area (Å²) < 4.78 is 67.5. The molecule has 3 rings (SSSR count). The van der Waals surface area contributed by atoms with Crippen molar-refractivity contribution in [1.82, 2.24) is 0 Å². The number of fused-ring (bicyclic) bond motifs is 1. The standard InChI is InChI=1S/C19H18N4O8S2/c1-10(24)21-15-7-6-13-14(19(15)33(29,30)31)8-16(32(26,27)28)17(18(13)25)23-22-12-4-2-11(9-20)3-5-12/h2-8,25H,9,20H2,1H3,(H,21,24)(H,26,27,28)(H,29,30,31). The van der Waals surface area contributed by atoms with Crippen LogP contribution < -0.4 is 11.1 Å². The second-order valence-corrected chi connectivity index (χ2v) is 9.56. The monoisotopic (exact) mass is 494 g/mol. The van der Waals surface area contributed by atoms with Crippen LogP contribution in [0.5, 0.6) is 5.75 Å². The Labute approximate surface area is 188 Å². The number of hydrogen-bond acceptors (Lipinski definition) is 9. The number of aromatic hydroxyl groups is 1. The number of phenols is 1. The van der Waals surface area contributed by atoms with Crippen LogP contribution in [0, 0.1) is 0 Å². The summed E-state index contributed by atoms with van der Waals surface area (Å²) in [6, 6.07) is 9.34. The van der Waals surface area contributed by atoms with Crippen molar-refractivity contribution >= 4 is 54.0 Å². The molecule has 0 aliphatic heterocycles. The number of phenolic OH excluding ortho intramolecular Hbond substituents is 1. The molecule has 0 saturated heterocycles. The first-order chi connectivity index (χ1) is 15.3. The maximum atomic E-state index is 12.0. The quantitative estimate of drug-likeness (QED) is 0.251. The maximum Gasteiger partial charge on any atom is 0.297 e. The number of nitrogens with zero attached hydrogens (tertiary/aromatic N) is 2. The molecule has 0 heterocycles. The largest absolute Gasteiger partial charge is 0.505 e. The summed E-state index contributed by atoms with van der Waals surface area (Å²) in [4.78, 5) is 9.58. The molecule has 1 amide bonds. The summed E-state index contributed by atoms with van der Waals surface area (Å²) in [6.07, 6.45) is 0. The number of benzene rings is 3. The second kappa shape index (κ2) is 8.84. The van der Waals surface area contributed by atoms with E-state index in [1.165, 1.54) is 18.2 Å². The van der Waals surface area contributed by atoms with Crippen molar-refractivity contribution in [1.29, 1.82) is 0 Å². The molecule has 0 unspecified atom stereocenters. The number of carbonyl (C=O) groups is 1. The molecule has 0 atom stereocenters. The van der Waals surface area contributed by atoms with Crippen LogP contribution in [0.3, 0.4) is 0 Å². The lowest BCUT2D eigenvalue weighted by Crippen LogP contribution is -2.11. The highest BCUT2D eigenvalue weighted by atomic mass is 32.2. The maximum absolute atomic E-state index is 12.0. The average Bonchev–Trinajstić information content (AvgIpc) is 2.71. The molecule has 12 nitrogen and oxygen atoms in total. The molecular weight excluding hydrogens is 476 g/mol. The van der Waals surface area contributed by atoms with E-state index in [4.69, 9.17) is 5.73 Å². The SMILES string of the molecule is CC(=O)Nc1ccc2c(O)c(N=Nc3ccc(CN)cc3)c(S(=O)(=O)O)cc2c1S(=O)(=O)O. The Hall–Kier alpha value is -3.43. The Bertz CT molecular complexity index is 1500.